The molecule has 4 heavy (non-hydrogen) atoms. The summed E-state index contributed by atoms with van der Waals surface area (Å²) in [6.07, 6.45) is 1.21. The highest BCUT2D eigenvalue weighted by Crippen LogP contribution is 1.95. The fraction of sp³-hybridized carbons (Fsp3) is 1.00. The van der Waals surface area contributed by atoms with E-state index in [4.69, 9.17) is 0 Å². The Morgan fingerprint density at radius 1 is 2.00 bits per heavy atom. The Kier molecular flexibility index (Phi) is 4.14. The van der Waals surface area contributed by atoms with Crippen molar-refractivity contribution in [3.63, 3.8) is 0 Å². The smallest absolute Gasteiger partial charge is 0.00969 e. The van der Waals surface area contributed by atoms with E-state index in [-0.39, 0.29) is 0 Å². The molecule has 0 heterocycles. The van der Waals surface area contributed by atoms with Crippen LogP contribution in [0.2, 0.25) is 0 Å². The third-order valence-corrected chi connectivity index (χ3v) is 1.42. The Hall–Kier alpha value is 0.600. The van der Waals surface area contributed by atoms with Crippen LogP contribution in [0.4, 0.5) is 0 Å². The lowest BCUT2D eigenvalue weighted by Gasteiger charge is -1.56. The Bertz CT molecular complexity index is 18.0. The van der Waals surface area contributed by atoms with Crippen molar-refractivity contribution in [1.82, 2.24) is 0 Å². The fourth-order valence-electron chi connectivity index (χ4n) is 0. The lowest BCUT2D eigenvalue weighted by molar-refractivity contribution is 1.53. The van der Waals surface area contributed by atoms with Gasteiger partial charge in [-0.2, -0.15) is 0 Å². The van der Waals surface area contributed by atoms with Gasteiger partial charge in [-0.3, -0.25) is 0 Å². The van der Waals surface area contributed by atoms with Crippen molar-refractivity contribution >= 4 is 16.4 Å². The molecule has 0 atom stereocenters. The van der Waals surface area contributed by atoms with Crippen molar-refractivity contribution in [3.05, 3.63) is 0 Å². The predicted octanol–water partition coefficient (Wildman–Crippen LogP) is 2.01. The van der Waals surface area contributed by atoms with Gasteiger partial charge in [0.25, 0.3) is 0 Å². The molecule has 24 valence electrons. The molecule has 0 N–H and O–H groups in total. The normalized spacial score (nSPS) is 8.25. The van der Waals surface area contributed by atoms with E-state index in [1.807, 2.05) is 0 Å². The molecule has 2 heteroatoms. The first-order chi connectivity index (χ1) is 1.91. The molecule has 0 aromatic heterocycles. The standard InChI is InChI=1S/C2H6P2/c1-2-4-3/h3H,2H2,1H3. The zero-order chi connectivity index (χ0) is 3.41. The molecule has 0 aliphatic rings. The first-order valence-electron chi connectivity index (χ1n) is 1.25. The molecule has 0 unspecified atom stereocenters. The minimum absolute atomic E-state index is 1.21. The quantitative estimate of drug-likeness (QED) is 0.434. The Morgan fingerprint density at radius 2 is 2.25 bits per heavy atom. The predicted molar refractivity (Wildman–Crippen MR) is 25.8 cm³/mol. The van der Waals surface area contributed by atoms with Gasteiger partial charge in [0.15, 0.2) is 0 Å². The summed E-state index contributed by atoms with van der Waals surface area (Å²) in [5.41, 5.74) is 0. The molecular weight excluding hydrogens is 86.0 g/mol. The fourth-order valence-corrected chi connectivity index (χ4v) is 0. The average Bonchev–Trinajstić information content (AvgIpc) is 1.37. The Balaban J connectivity index is 2.30. The molecule has 0 radical (unpaired) electrons. The second-order valence-electron chi connectivity index (χ2n) is 0.474. The highest BCUT2D eigenvalue weighted by molar-refractivity contribution is 7.74. The van der Waals surface area contributed by atoms with Crippen LogP contribution < -0.4 is 0 Å². The third-order valence-electron chi connectivity index (χ3n) is 0.158. The summed E-state index contributed by atoms with van der Waals surface area (Å²) in [5.74, 6) is 0. The second-order valence-corrected chi connectivity index (χ2v) is 2.37. The largest absolute Gasteiger partial charge is 0.0937 e. The van der Waals surface area contributed by atoms with Crippen molar-refractivity contribution < 1.29 is 0 Å². The van der Waals surface area contributed by atoms with Crippen molar-refractivity contribution in [3.8, 4) is 0 Å². The van der Waals surface area contributed by atoms with E-state index >= 15 is 0 Å². The van der Waals surface area contributed by atoms with Crippen molar-refractivity contribution in [2.75, 3.05) is 6.16 Å². The van der Waals surface area contributed by atoms with Crippen molar-refractivity contribution in [2.24, 2.45) is 0 Å². The Morgan fingerprint density at radius 3 is 2.25 bits per heavy atom. The SMILES string of the molecule is CCP=P. The van der Waals surface area contributed by atoms with Crippen LogP contribution in [0.5, 0.6) is 0 Å². The summed E-state index contributed by atoms with van der Waals surface area (Å²) >= 11 is 0. The maximum Gasteiger partial charge on any atom is -0.00969 e. The topological polar surface area (TPSA) is 0 Å². The second kappa shape index (κ2) is 3.60. The van der Waals surface area contributed by atoms with Crippen molar-refractivity contribution in [2.45, 2.75) is 6.92 Å². The first-order valence-corrected chi connectivity index (χ1v) is 3.67. The number of rotatable bonds is 1. The van der Waals surface area contributed by atoms with Gasteiger partial charge in [0.2, 0.25) is 0 Å². The minimum atomic E-state index is 1.21. The number of hydrogen-bond acceptors (Lipinski definition) is 0. The molecule has 0 aliphatic heterocycles. The van der Waals surface area contributed by atoms with Crippen molar-refractivity contribution in [1.29, 1.82) is 0 Å². The molecule has 0 spiro atoms. The van der Waals surface area contributed by atoms with E-state index in [2.05, 4.69) is 15.5 Å². The minimum Gasteiger partial charge on any atom is -0.0937 e. The highest BCUT2D eigenvalue weighted by Gasteiger charge is 1.47. The molecule has 0 amide bonds. The molecular formula is C2H6P2. The lowest BCUT2D eigenvalue weighted by Crippen LogP contribution is -1.36. The summed E-state index contributed by atoms with van der Waals surface area (Å²) in [7, 11) is 4.56. The van der Waals surface area contributed by atoms with Gasteiger partial charge in [0.05, 0.1) is 0 Å². The monoisotopic (exact) mass is 92.0 g/mol. The first kappa shape index (κ1) is 4.60. The molecule has 0 rings (SSSR count). The van der Waals surface area contributed by atoms with Crippen LogP contribution >= 0.6 is 16.4 Å². The van der Waals surface area contributed by atoms with E-state index in [1.165, 1.54) is 14.0 Å². The van der Waals surface area contributed by atoms with E-state index in [9.17, 15) is 0 Å². The van der Waals surface area contributed by atoms with Gasteiger partial charge >= 0.3 is 0 Å². The molecule has 0 aliphatic carbocycles. The molecule has 0 saturated carbocycles. The average molecular weight is 92.0 g/mol. The van der Waals surface area contributed by atoms with Crippen LogP contribution in [0.25, 0.3) is 0 Å². The molecule has 0 saturated heterocycles. The third kappa shape index (κ3) is 2.60. The summed E-state index contributed by atoms with van der Waals surface area (Å²) < 4.78 is 0. The summed E-state index contributed by atoms with van der Waals surface area (Å²) in [6.45, 7) is 2.12. The van der Waals surface area contributed by atoms with Crippen LogP contribution in [0.3, 0.4) is 0 Å². The van der Waals surface area contributed by atoms with Crippen LogP contribution in [0.15, 0.2) is 0 Å². The molecule has 0 fully saturated rings. The van der Waals surface area contributed by atoms with Gasteiger partial charge in [-0.05, 0) is 6.16 Å². The van der Waals surface area contributed by atoms with E-state index < -0.39 is 0 Å². The highest BCUT2D eigenvalue weighted by atomic mass is 31.7. The van der Waals surface area contributed by atoms with Crippen LogP contribution in [-0.2, 0) is 0 Å². The number of hydrogen-bond donors (Lipinski definition) is 0. The lowest BCUT2D eigenvalue weighted by atomic mass is 11.0. The Labute approximate surface area is 30.4 Å². The van der Waals surface area contributed by atoms with E-state index in [1.54, 1.807) is 0 Å². The van der Waals surface area contributed by atoms with Crippen LogP contribution in [0.1, 0.15) is 6.92 Å². The summed E-state index contributed by atoms with van der Waals surface area (Å²) in [6, 6.07) is 0. The molecule has 0 bridgehead atoms. The molecule has 0 aromatic rings. The van der Waals surface area contributed by atoms with E-state index in [0.717, 1.165) is 0 Å². The van der Waals surface area contributed by atoms with E-state index in [0.29, 0.717) is 0 Å². The van der Waals surface area contributed by atoms with Gasteiger partial charge in [0.1, 0.15) is 0 Å². The zero-order valence-electron chi connectivity index (χ0n) is 2.65. The summed E-state index contributed by atoms with van der Waals surface area (Å²) in [4.78, 5) is 0. The summed E-state index contributed by atoms with van der Waals surface area (Å²) in [5, 5.41) is 0. The van der Waals surface area contributed by atoms with Gasteiger partial charge in [-0.25, -0.2) is 0 Å². The van der Waals surface area contributed by atoms with Gasteiger partial charge in [-0.1, -0.05) is 23.3 Å². The van der Waals surface area contributed by atoms with Gasteiger partial charge in [0, 0.05) is 0 Å². The maximum absolute atomic E-state index is 3.26. The zero-order valence-corrected chi connectivity index (χ0v) is 4.55. The maximum atomic E-state index is 3.26. The van der Waals surface area contributed by atoms with Gasteiger partial charge < -0.3 is 0 Å². The van der Waals surface area contributed by atoms with Crippen LogP contribution in [-0.4, -0.2) is 6.16 Å². The molecule has 0 aromatic carbocycles. The molecule has 0 nitrogen and oxygen atoms in total. The van der Waals surface area contributed by atoms with Gasteiger partial charge in [-0.15, -0.1) is 0 Å². The van der Waals surface area contributed by atoms with Crippen LogP contribution in [0, 0.1) is 0 Å².